The number of aromatic nitrogens is 2. The van der Waals surface area contributed by atoms with Crippen molar-refractivity contribution >= 4 is 51.1 Å². The molecule has 64 heavy (non-hydrogen) atoms. The molecule has 1 saturated heterocycles. The highest BCUT2D eigenvalue weighted by molar-refractivity contribution is 7.99. The summed E-state index contributed by atoms with van der Waals surface area (Å²) in [5.41, 5.74) is 2.96. The van der Waals surface area contributed by atoms with E-state index in [0.717, 1.165) is 16.5 Å². The van der Waals surface area contributed by atoms with Crippen LogP contribution in [0.1, 0.15) is 92.8 Å². The lowest BCUT2D eigenvalue weighted by Crippen LogP contribution is -2.44. The monoisotopic (exact) mass is 932 g/mol. The second kappa shape index (κ2) is 21.7. The molecule has 0 amide bonds. The van der Waals surface area contributed by atoms with Crippen molar-refractivity contribution in [3.05, 3.63) is 102 Å². The molecule has 0 bridgehead atoms. The zero-order valence-corrected chi connectivity index (χ0v) is 43.4. The highest BCUT2D eigenvalue weighted by Crippen LogP contribution is 2.47. The zero-order chi connectivity index (χ0) is 47.0. The third kappa shape index (κ3) is 13.6. The quantitative estimate of drug-likeness (QED) is 0.0261. The van der Waals surface area contributed by atoms with Crippen molar-refractivity contribution in [2.75, 3.05) is 20.5 Å². The van der Waals surface area contributed by atoms with Crippen molar-refractivity contribution in [3.8, 4) is 5.75 Å². The molecule has 0 saturated carbocycles. The molecule has 4 aromatic rings. The Morgan fingerprint density at radius 2 is 1.61 bits per heavy atom. The zero-order valence-electron chi connectivity index (χ0n) is 40.6. The number of thioether (sulfide) groups is 1. The van der Waals surface area contributed by atoms with Gasteiger partial charge in [0, 0.05) is 50.1 Å². The second-order valence-corrected chi connectivity index (χ2v) is 31.7. The number of benzene rings is 3. The number of hydrogen-bond donors (Lipinski definition) is 0. The van der Waals surface area contributed by atoms with Gasteiger partial charge in [-0.25, -0.2) is 14.6 Å². The number of esters is 2. The van der Waals surface area contributed by atoms with E-state index in [0.29, 0.717) is 47.4 Å². The Balaban J connectivity index is 1.56. The number of nitrogens with zero attached hydrogens (tertiary/aromatic N) is 2. The number of carbonyl (C=O) groups excluding carboxylic acids is 2. The third-order valence-corrected chi connectivity index (χ3v) is 19.7. The maximum absolute atomic E-state index is 14.5. The van der Waals surface area contributed by atoms with Gasteiger partial charge < -0.3 is 37.4 Å². The summed E-state index contributed by atoms with van der Waals surface area (Å²) in [5.74, 6) is -1.54. The molecular formula is C50H72N2O9SSi2. The number of imidazole rings is 1. The van der Waals surface area contributed by atoms with Gasteiger partial charge >= 0.3 is 11.9 Å². The first-order valence-corrected chi connectivity index (χ1v) is 30.0. The molecule has 1 aliphatic heterocycles. The fourth-order valence-corrected chi connectivity index (χ4v) is 10.8. The lowest BCUT2D eigenvalue weighted by molar-refractivity contribution is -0.153. The number of fused-ring (bicyclic) bond motifs is 1. The molecule has 0 spiro atoms. The lowest BCUT2D eigenvalue weighted by Gasteiger charge is -2.39. The van der Waals surface area contributed by atoms with E-state index in [2.05, 4.69) is 85.6 Å². The Morgan fingerprint density at radius 3 is 2.23 bits per heavy atom. The van der Waals surface area contributed by atoms with Gasteiger partial charge in [0.05, 0.1) is 35.6 Å². The molecular weight excluding hydrogens is 861 g/mol. The molecule has 1 aliphatic rings. The molecule has 0 N–H and O–H groups in total. The van der Waals surface area contributed by atoms with E-state index in [1.54, 1.807) is 37.3 Å². The van der Waals surface area contributed by atoms with Crippen molar-refractivity contribution in [1.29, 1.82) is 0 Å². The van der Waals surface area contributed by atoms with Crippen LogP contribution in [0, 0.1) is 5.92 Å². The van der Waals surface area contributed by atoms with E-state index < -0.39 is 52.4 Å². The largest absolute Gasteiger partial charge is 0.467 e. The van der Waals surface area contributed by atoms with Gasteiger partial charge in [-0.3, -0.25) is 0 Å². The van der Waals surface area contributed by atoms with Crippen LogP contribution in [0.15, 0.2) is 90.1 Å². The lowest BCUT2D eigenvalue weighted by atomic mass is 9.95. The van der Waals surface area contributed by atoms with Gasteiger partial charge in [-0.05, 0) is 94.0 Å². The summed E-state index contributed by atoms with van der Waals surface area (Å²) < 4.78 is 46.1. The van der Waals surface area contributed by atoms with Gasteiger partial charge in [0.15, 0.2) is 20.9 Å². The molecule has 2 heterocycles. The predicted octanol–water partition coefficient (Wildman–Crippen LogP) is 12.0. The van der Waals surface area contributed by atoms with Crippen LogP contribution >= 0.6 is 11.8 Å². The van der Waals surface area contributed by atoms with Gasteiger partial charge in [0.2, 0.25) is 0 Å². The molecule has 1 fully saturated rings. The standard InChI is InChI=1S/C50H72N2O9SSi2/c1-34(35(2)61-64(13,14)49(3,4)5)25-26-39(58-47(53)36-21-17-15-18-22-36)46-40(59-50(6,7)60-46)27-28-42(62-37-23-19-16-20-24-37)44-43(48(54)56-29-30-63(10,11)12)41(57-33-55-9)31-38-45(44)51-32-52(38)8/h15-26,31-32,34-35,39-40,42,46H,27-30,33H2,1-14H3/b26-25-/t34-,35-,39?,40+,42?,46-/m0/s1. The summed E-state index contributed by atoms with van der Waals surface area (Å²) in [5, 5.41) is -0.286. The fourth-order valence-electron chi connectivity index (χ4n) is 7.33. The molecule has 5 rings (SSSR count). The smallest absolute Gasteiger partial charge is 0.342 e. The number of methoxy groups -OCH3 is 1. The maximum atomic E-state index is 14.5. The van der Waals surface area contributed by atoms with Crippen molar-refractivity contribution in [2.45, 2.75) is 145 Å². The van der Waals surface area contributed by atoms with Gasteiger partial charge in [-0.15, -0.1) is 11.8 Å². The molecule has 6 atom stereocenters. The van der Waals surface area contributed by atoms with Gasteiger partial charge in [-0.1, -0.05) is 89.8 Å². The summed E-state index contributed by atoms with van der Waals surface area (Å²) >= 11 is 1.64. The number of ether oxygens (including phenoxy) is 6. The molecule has 0 radical (unpaired) electrons. The average molecular weight is 933 g/mol. The summed E-state index contributed by atoms with van der Waals surface area (Å²) in [6.45, 7) is 26.2. The molecule has 2 unspecified atom stereocenters. The van der Waals surface area contributed by atoms with Crippen LogP contribution < -0.4 is 4.74 Å². The van der Waals surface area contributed by atoms with E-state index in [4.69, 9.17) is 37.8 Å². The molecule has 350 valence electrons. The van der Waals surface area contributed by atoms with Crippen LogP contribution in [0.2, 0.25) is 43.8 Å². The Kier molecular flexibility index (Phi) is 17.4. The predicted molar refractivity (Wildman–Crippen MR) is 261 cm³/mol. The first kappa shape index (κ1) is 51.2. The Hall–Kier alpha value is -3.77. The molecule has 11 nitrogen and oxygen atoms in total. The van der Waals surface area contributed by atoms with Crippen LogP contribution in [0.3, 0.4) is 0 Å². The molecule has 1 aromatic heterocycles. The van der Waals surface area contributed by atoms with Crippen molar-refractivity contribution in [1.82, 2.24) is 9.55 Å². The summed E-state index contributed by atoms with van der Waals surface area (Å²) in [4.78, 5) is 34.2. The minimum Gasteiger partial charge on any atom is -0.467 e. The minimum atomic E-state index is -2.06. The minimum absolute atomic E-state index is 0.00444. The van der Waals surface area contributed by atoms with Crippen LogP contribution in [-0.2, 0) is 35.2 Å². The maximum Gasteiger partial charge on any atom is 0.342 e. The van der Waals surface area contributed by atoms with E-state index in [1.165, 1.54) is 0 Å². The number of aryl methyl sites for hydroxylation is 1. The molecule has 0 aliphatic carbocycles. The topological polar surface area (TPSA) is 117 Å². The Labute approximate surface area is 388 Å². The van der Waals surface area contributed by atoms with Crippen molar-refractivity contribution in [3.63, 3.8) is 0 Å². The number of carbonyl (C=O) groups is 2. The van der Waals surface area contributed by atoms with E-state index in [9.17, 15) is 9.59 Å². The van der Waals surface area contributed by atoms with Crippen LogP contribution in [-0.4, -0.2) is 88.6 Å². The van der Waals surface area contributed by atoms with Gasteiger partial charge in [0.1, 0.15) is 23.5 Å². The highest BCUT2D eigenvalue weighted by atomic mass is 32.2. The Morgan fingerprint density at radius 1 is 0.953 bits per heavy atom. The van der Waals surface area contributed by atoms with Crippen LogP contribution in [0.5, 0.6) is 5.75 Å². The first-order chi connectivity index (χ1) is 30.0. The van der Waals surface area contributed by atoms with Gasteiger partial charge in [0.25, 0.3) is 0 Å². The third-order valence-electron chi connectivity index (χ3n) is 12.1. The SMILES string of the molecule is COCOc1cc2c(ncn2C)c(C(CC[C@H]2OC(C)(C)O[C@H]2C(/C=C\[C@H](C)[C@H](C)O[Si](C)(C)C(C)(C)C)OC(=O)c2ccccc2)Sc2ccccc2)c1C(=O)OCC[Si](C)(C)C. The highest BCUT2D eigenvalue weighted by Gasteiger charge is 2.47. The van der Waals surface area contributed by atoms with Crippen molar-refractivity contribution < 1.29 is 42.4 Å². The Bertz CT molecular complexity index is 2180. The van der Waals surface area contributed by atoms with Crippen LogP contribution in [0.25, 0.3) is 11.0 Å². The van der Waals surface area contributed by atoms with Gasteiger partial charge in [-0.2, -0.15) is 0 Å². The average Bonchev–Trinajstić information content (AvgIpc) is 3.75. The van der Waals surface area contributed by atoms with Crippen LogP contribution in [0.4, 0.5) is 0 Å². The summed E-state index contributed by atoms with van der Waals surface area (Å²) in [6, 6.07) is 21.8. The van der Waals surface area contributed by atoms with Crippen molar-refractivity contribution in [2.24, 2.45) is 13.0 Å². The summed E-state index contributed by atoms with van der Waals surface area (Å²) in [7, 11) is -0.104. The van der Waals surface area contributed by atoms with E-state index in [1.807, 2.05) is 74.0 Å². The second-order valence-electron chi connectivity index (χ2n) is 20.1. The number of rotatable bonds is 21. The normalized spacial score (nSPS) is 18.8. The molecule has 3 aromatic carbocycles. The molecule has 14 heteroatoms. The summed E-state index contributed by atoms with van der Waals surface area (Å²) in [6.07, 6.45) is 4.72. The van der Waals surface area contributed by atoms with E-state index in [-0.39, 0.29) is 29.1 Å². The van der Waals surface area contributed by atoms with E-state index >= 15 is 0 Å². The number of hydrogen-bond acceptors (Lipinski definition) is 11. The fraction of sp³-hybridized carbons (Fsp3) is 0.540. The first-order valence-electron chi connectivity index (χ1n) is 22.5.